The average molecular weight is 236 g/mol. The lowest BCUT2D eigenvalue weighted by molar-refractivity contribution is 0.620. The number of aryl methyl sites for hydroxylation is 1. The van der Waals surface area contributed by atoms with Crippen molar-refractivity contribution in [1.29, 1.82) is 0 Å². The molecule has 1 aliphatic heterocycles. The van der Waals surface area contributed by atoms with Gasteiger partial charge in [-0.1, -0.05) is 60.2 Å². The second kappa shape index (κ2) is 4.65. The van der Waals surface area contributed by atoms with E-state index < -0.39 is 0 Å². The molecular weight excluding hydrogens is 220 g/mol. The lowest BCUT2D eigenvalue weighted by atomic mass is 9.98. The third kappa shape index (κ3) is 2.14. The van der Waals surface area contributed by atoms with Crippen LogP contribution in [0.4, 0.5) is 0 Å². The van der Waals surface area contributed by atoms with Crippen LogP contribution in [0.1, 0.15) is 29.2 Å². The standard InChI is InChI=1S/C16H16N2/c1-12-7-9-14(10-8-12)16-11-15(17-18-16)13-5-3-2-4-6-13/h2-10,16,18H,11H2,1H3. The van der Waals surface area contributed by atoms with Crippen molar-refractivity contribution in [2.24, 2.45) is 5.10 Å². The minimum absolute atomic E-state index is 0.306. The molecule has 0 amide bonds. The zero-order chi connectivity index (χ0) is 12.4. The van der Waals surface area contributed by atoms with E-state index in [4.69, 9.17) is 0 Å². The van der Waals surface area contributed by atoms with Gasteiger partial charge in [0.2, 0.25) is 0 Å². The normalized spacial score (nSPS) is 18.3. The van der Waals surface area contributed by atoms with Gasteiger partial charge in [0.05, 0.1) is 11.8 Å². The summed E-state index contributed by atoms with van der Waals surface area (Å²) in [4.78, 5) is 0. The van der Waals surface area contributed by atoms with Crippen LogP contribution in [0.5, 0.6) is 0 Å². The summed E-state index contributed by atoms with van der Waals surface area (Å²) in [6.07, 6.45) is 0.951. The largest absolute Gasteiger partial charge is 0.302 e. The zero-order valence-corrected chi connectivity index (χ0v) is 10.4. The fourth-order valence-electron chi connectivity index (χ4n) is 2.24. The molecule has 18 heavy (non-hydrogen) atoms. The Bertz CT molecular complexity index is 555. The number of hydrazone groups is 1. The summed E-state index contributed by atoms with van der Waals surface area (Å²) in [5.41, 5.74) is 8.17. The van der Waals surface area contributed by atoms with Crippen LogP contribution in [0.3, 0.4) is 0 Å². The highest BCUT2D eigenvalue weighted by Crippen LogP contribution is 2.24. The predicted octanol–water partition coefficient (Wildman–Crippen LogP) is 3.43. The van der Waals surface area contributed by atoms with Crippen LogP contribution in [-0.2, 0) is 0 Å². The molecule has 1 atom stereocenters. The number of nitrogens with zero attached hydrogens (tertiary/aromatic N) is 1. The predicted molar refractivity (Wildman–Crippen MR) is 74.7 cm³/mol. The molecule has 0 saturated heterocycles. The van der Waals surface area contributed by atoms with E-state index in [1.54, 1.807) is 0 Å². The van der Waals surface area contributed by atoms with Gasteiger partial charge in [0.1, 0.15) is 0 Å². The van der Waals surface area contributed by atoms with Crippen LogP contribution in [0.2, 0.25) is 0 Å². The van der Waals surface area contributed by atoms with E-state index >= 15 is 0 Å². The van der Waals surface area contributed by atoms with Crippen LogP contribution in [0, 0.1) is 6.92 Å². The molecule has 3 rings (SSSR count). The first-order valence-corrected chi connectivity index (χ1v) is 6.27. The lowest BCUT2D eigenvalue weighted by Gasteiger charge is -2.10. The molecule has 2 nitrogen and oxygen atoms in total. The monoisotopic (exact) mass is 236 g/mol. The van der Waals surface area contributed by atoms with Crippen molar-refractivity contribution in [2.75, 3.05) is 0 Å². The molecule has 1 heterocycles. The Morgan fingerprint density at radius 3 is 2.44 bits per heavy atom. The highest BCUT2D eigenvalue weighted by atomic mass is 15.3. The summed E-state index contributed by atoms with van der Waals surface area (Å²) >= 11 is 0. The minimum Gasteiger partial charge on any atom is -0.302 e. The Balaban J connectivity index is 1.76. The summed E-state index contributed by atoms with van der Waals surface area (Å²) in [5, 5.41) is 4.45. The van der Waals surface area contributed by atoms with E-state index in [2.05, 4.69) is 66.0 Å². The van der Waals surface area contributed by atoms with Crippen LogP contribution >= 0.6 is 0 Å². The van der Waals surface area contributed by atoms with Crippen LogP contribution in [-0.4, -0.2) is 5.71 Å². The first kappa shape index (κ1) is 11.0. The Kier molecular flexibility index (Phi) is 2.85. The molecule has 0 aromatic heterocycles. The maximum atomic E-state index is 4.45. The van der Waals surface area contributed by atoms with Crippen molar-refractivity contribution < 1.29 is 0 Å². The van der Waals surface area contributed by atoms with Crippen LogP contribution < -0.4 is 5.43 Å². The van der Waals surface area contributed by atoms with Gasteiger partial charge in [-0.3, -0.25) is 0 Å². The molecule has 1 aliphatic rings. The molecule has 0 spiro atoms. The fourth-order valence-corrected chi connectivity index (χ4v) is 2.24. The van der Waals surface area contributed by atoms with E-state index in [1.807, 2.05) is 6.07 Å². The number of nitrogens with one attached hydrogen (secondary N) is 1. The summed E-state index contributed by atoms with van der Waals surface area (Å²) in [5.74, 6) is 0. The first-order valence-electron chi connectivity index (χ1n) is 6.27. The van der Waals surface area contributed by atoms with Crippen LogP contribution in [0.25, 0.3) is 0 Å². The van der Waals surface area contributed by atoms with Crippen molar-refractivity contribution in [1.82, 2.24) is 5.43 Å². The fraction of sp³-hybridized carbons (Fsp3) is 0.188. The number of hydrogen-bond donors (Lipinski definition) is 1. The summed E-state index contributed by atoms with van der Waals surface area (Å²) in [6, 6.07) is 19.3. The van der Waals surface area contributed by atoms with Crippen molar-refractivity contribution in [2.45, 2.75) is 19.4 Å². The molecule has 0 radical (unpaired) electrons. The van der Waals surface area contributed by atoms with Crippen molar-refractivity contribution in [3.63, 3.8) is 0 Å². The Morgan fingerprint density at radius 1 is 1.00 bits per heavy atom. The minimum atomic E-state index is 0.306. The molecule has 0 fully saturated rings. The third-order valence-corrected chi connectivity index (χ3v) is 3.34. The smallest absolute Gasteiger partial charge is 0.0745 e. The SMILES string of the molecule is Cc1ccc(C2CC(c3ccccc3)=NN2)cc1. The van der Waals surface area contributed by atoms with Gasteiger partial charge in [-0.05, 0) is 18.1 Å². The average Bonchev–Trinajstić information content (AvgIpc) is 2.90. The van der Waals surface area contributed by atoms with Gasteiger partial charge in [-0.25, -0.2) is 0 Å². The molecule has 0 saturated carbocycles. The molecule has 1 unspecified atom stereocenters. The molecule has 2 heteroatoms. The summed E-state index contributed by atoms with van der Waals surface area (Å²) < 4.78 is 0. The Hall–Kier alpha value is -2.09. The van der Waals surface area contributed by atoms with Gasteiger partial charge in [0.25, 0.3) is 0 Å². The molecule has 2 aromatic carbocycles. The van der Waals surface area contributed by atoms with Gasteiger partial charge in [-0.2, -0.15) is 5.10 Å². The van der Waals surface area contributed by atoms with Crippen molar-refractivity contribution >= 4 is 5.71 Å². The third-order valence-electron chi connectivity index (χ3n) is 3.34. The van der Waals surface area contributed by atoms with E-state index in [9.17, 15) is 0 Å². The Labute approximate surface area is 107 Å². The maximum absolute atomic E-state index is 4.45. The second-order valence-electron chi connectivity index (χ2n) is 4.72. The summed E-state index contributed by atoms with van der Waals surface area (Å²) in [6.45, 7) is 2.11. The maximum Gasteiger partial charge on any atom is 0.0745 e. The van der Waals surface area contributed by atoms with Gasteiger partial charge >= 0.3 is 0 Å². The van der Waals surface area contributed by atoms with Crippen LogP contribution in [0.15, 0.2) is 59.7 Å². The quantitative estimate of drug-likeness (QED) is 0.848. The molecule has 1 N–H and O–H groups in total. The number of rotatable bonds is 2. The Morgan fingerprint density at radius 2 is 1.72 bits per heavy atom. The number of benzene rings is 2. The van der Waals surface area contributed by atoms with Crippen molar-refractivity contribution in [3.8, 4) is 0 Å². The first-order chi connectivity index (χ1) is 8.83. The summed E-state index contributed by atoms with van der Waals surface area (Å²) in [7, 11) is 0. The molecular formula is C16H16N2. The lowest BCUT2D eigenvalue weighted by Crippen LogP contribution is -2.09. The zero-order valence-electron chi connectivity index (χ0n) is 10.4. The van der Waals surface area contributed by atoms with Gasteiger partial charge in [0.15, 0.2) is 0 Å². The van der Waals surface area contributed by atoms with Gasteiger partial charge in [0, 0.05) is 6.42 Å². The number of hydrogen-bond acceptors (Lipinski definition) is 2. The molecule has 2 aromatic rings. The topological polar surface area (TPSA) is 24.4 Å². The van der Waals surface area contributed by atoms with Gasteiger partial charge in [-0.15, -0.1) is 0 Å². The highest BCUT2D eigenvalue weighted by Gasteiger charge is 2.20. The van der Waals surface area contributed by atoms with E-state index in [1.165, 1.54) is 16.7 Å². The van der Waals surface area contributed by atoms with E-state index in [-0.39, 0.29) is 0 Å². The van der Waals surface area contributed by atoms with E-state index in [0.717, 1.165) is 12.1 Å². The van der Waals surface area contributed by atoms with Crippen molar-refractivity contribution in [3.05, 3.63) is 71.3 Å². The molecule has 0 bridgehead atoms. The second-order valence-corrected chi connectivity index (χ2v) is 4.72. The highest BCUT2D eigenvalue weighted by molar-refractivity contribution is 6.01. The van der Waals surface area contributed by atoms with E-state index in [0.29, 0.717) is 6.04 Å². The molecule has 0 aliphatic carbocycles. The van der Waals surface area contributed by atoms with Gasteiger partial charge < -0.3 is 5.43 Å². The molecule has 90 valence electrons.